The van der Waals surface area contributed by atoms with Gasteiger partial charge in [-0.3, -0.25) is 9.69 Å². The number of carbonyl (C=O) groups excluding carboxylic acids is 1. The second-order valence-electron chi connectivity index (χ2n) is 6.90. The van der Waals surface area contributed by atoms with Crippen LogP contribution in [-0.4, -0.2) is 73.5 Å². The Morgan fingerprint density at radius 3 is 2.52 bits per heavy atom. The van der Waals surface area contributed by atoms with Gasteiger partial charge in [-0.15, -0.1) is 0 Å². The van der Waals surface area contributed by atoms with Crippen molar-refractivity contribution >= 4 is 12.0 Å². The maximum Gasteiger partial charge on any atom is 0.223 e. The predicted molar refractivity (Wildman–Crippen MR) is 106 cm³/mol. The molecule has 0 saturated carbocycles. The first-order chi connectivity index (χ1) is 12.2. The highest BCUT2D eigenvalue weighted by Crippen LogP contribution is 2.06. The van der Waals surface area contributed by atoms with E-state index in [2.05, 4.69) is 60.2 Å². The molecule has 0 unspecified atom stereocenters. The molecule has 1 aliphatic heterocycles. The van der Waals surface area contributed by atoms with Gasteiger partial charge in [0.15, 0.2) is 0 Å². The van der Waals surface area contributed by atoms with Crippen LogP contribution in [0.5, 0.6) is 0 Å². The van der Waals surface area contributed by atoms with Gasteiger partial charge in [0.25, 0.3) is 0 Å². The van der Waals surface area contributed by atoms with Crippen molar-refractivity contribution in [3.63, 3.8) is 0 Å². The second kappa shape index (κ2) is 11.1. The van der Waals surface area contributed by atoms with Crippen molar-refractivity contribution in [2.45, 2.75) is 26.2 Å². The van der Waals surface area contributed by atoms with Crippen molar-refractivity contribution in [2.24, 2.45) is 0 Å². The highest BCUT2D eigenvalue weighted by molar-refractivity contribution is 5.76. The minimum atomic E-state index is 0.308. The van der Waals surface area contributed by atoms with Crippen LogP contribution in [0.2, 0.25) is 0 Å². The van der Waals surface area contributed by atoms with Crippen LogP contribution in [0.3, 0.4) is 0 Å². The summed E-state index contributed by atoms with van der Waals surface area (Å²) in [5.41, 5.74) is 1.24. The Morgan fingerprint density at radius 2 is 1.84 bits per heavy atom. The second-order valence-corrected chi connectivity index (χ2v) is 6.90. The number of hydrogen-bond donors (Lipinski definition) is 0. The molecule has 1 aliphatic rings. The lowest BCUT2D eigenvalue weighted by molar-refractivity contribution is -0.133. The van der Waals surface area contributed by atoms with E-state index in [4.69, 9.17) is 0 Å². The first-order valence-electron chi connectivity index (χ1n) is 9.59. The van der Waals surface area contributed by atoms with Crippen molar-refractivity contribution < 1.29 is 4.79 Å². The van der Waals surface area contributed by atoms with E-state index in [-0.39, 0.29) is 0 Å². The molecule has 4 nitrogen and oxygen atoms in total. The summed E-state index contributed by atoms with van der Waals surface area (Å²) in [6.45, 7) is 8.77. The molecule has 25 heavy (non-hydrogen) atoms. The lowest BCUT2D eigenvalue weighted by Crippen LogP contribution is -2.49. The SMILES string of the molecule is CCCCN(C)CCC(=O)N1CCN(C/C=C/c2ccccc2)CC1. The third-order valence-electron chi connectivity index (χ3n) is 4.80. The quantitative estimate of drug-likeness (QED) is 0.690. The maximum absolute atomic E-state index is 12.3. The van der Waals surface area contributed by atoms with Gasteiger partial charge >= 0.3 is 0 Å². The fourth-order valence-corrected chi connectivity index (χ4v) is 3.07. The third kappa shape index (κ3) is 7.41. The number of piperazine rings is 1. The van der Waals surface area contributed by atoms with Crippen LogP contribution in [-0.2, 0) is 4.79 Å². The third-order valence-corrected chi connectivity index (χ3v) is 4.80. The summed E-state index contributed by atoms with van der Waals surface area (Å²) in [4.78, 5) is 19.1. The molecule has 0 spiro atoms. The molecular formula is C21H33N3O. The first-order valence-corrected chi connectivity index (χ1v) is 9.59. The molecule has 0 atom stereocenters. The molecule has 1 amide bonds. The van der Waals surface area contributed by atoms with Crippen molar-refractivity contribution in [3.8, 4) is 0 Å². The molecule has 0 aliphatic carbocycles. The van der Waals surface area contributed by atoms with Gasteiger partial charge in [0.05, 0.1) is 0 Å². The highest BCUT2D eigenvalue weighted by atomic mass is 16.2. The van der Waals surface area contributed by atoms with Gasteiger partial charge in [-0.1, -0.05) is 55.8 Å². The molecule has 0 radical (unpaired) electrons. The topological polar surface area (TPSA) is 26.8 Å². The number of unbranched alkanes of at least 4 members (excludes halogenated alkanes) is 1. The molecular weight excluding hydrogens is 310 g/mol. The minimum absolute atomic E-state index is 0.308. The first kappa shape index (κ1) is 19.7. The van der Waals surface area contributed by atoms with Gasteiger partial charge in [0.1, 0.15) is 0 Å². The summed E-state index contributed by atoms with van der Waals surface area (Å²) in [5, 5.41) is 0. The number of amides is 1. The van der Waals surface area contributed by atoms with Gasteiger partial charge < -0.3 is 9.80 Å². The number of carbonyl (C=O) groups is 1. The smallest absolute Gasteiger partial charge is 0.223 e. The number of hydrogen-bond acceptors (Lipinski definition) is 3. The fraction of sp³-hybridized carbons (Fsp3) is 0.571. The Bertz CT molecular complexity index is 521. The van der Waals surface area contributed by atoms with E-state index in [1.54, 1.807) is 0 Å². The molecule has 2 rings (SSSR count). The van der Waals surface area contributed by atoms with Gasteiger partial charge in [0, 0.05) is 45.7 Å². The van der Waals surface area contributed by atoms with Crippen LogP contribution in [0.25, 0.3) is 6.08 Å². The highest BCUT2D eigenvalue weighted by Gasteiger charge is 2.20. The summed E-state index contributed by atoms with van der Waals surface area (Å²) in [6.07, 6.45) is 7.45. The number of benzene rings is 1. The molecule has 1 aromatic carbocycles. The minimum Gasteiger partial charge on any atom is -0.340 e. The Labute approximate surface area is 153 Å². The Morgan fingerprint density at radius 1 is 1.12 bits per heavy atom. The molecule has 0 N–H and O–H groups in total. The normalized spacial score (nSPS) is 16.0. The van der Waals surface area contributed by atoms with E-state index in [0.717, 1.165) is 45.8 Å². The number of rotatable bonds is 9. The van der Waals surface area contributed by atoms with E-state index < -0.39 is 0 Å². The molecule has 1 heterocycles. The fourth-order valence-electron chi connectivity index (χ4n) is 3.07. The van der Waals surface area contributed by atoms with Crippen LogP contribution in [0, 0.1) is 0 Å². The molecule has 1 saturated heterocycles. The summed E-state index contributed by atoms with van der Waals surface area (Å²) in [7, 11) is 2.11. The van der Waals surface area contributed by atoms with Gasteiger partial charge in [-0.25, -0.2) is 0 Å². The van der Waals surface area contributed by atoms with E-state index in [9.17, 15) is 4.79 Å². The van der Waals surface area contributed by atoms with E-state index in [0.29, 0.717) is 12.3 Å². The van der Waals surface area contributed by atoms with Gasteiger partial charge in [-0.2, -0.15) is 0 Å². The van der Waals surface area contributed by atoms with Crippen molar-refractivity contribution in [3.05, 3.63) is 42.0 Å². The van der Waals surface area contributed by atoms with Gasteiger partial charge in [-0.05, 0) is 25.6 Å². The molecule has 0 aromatic heterocycles. The molecule has 0 bridgehead atoms. The Kier molecular flexibility index (Phi) is 8.70. The standard InChI is InChI=1S/C21H33N3O/c1-3-4-13-22(2)15-12-21(25)24-18-16-23(17-19-24)14-8-11-20-9-6-5-7-10-20/h5-11H,3-4,12-19H2,1-2H3/b11-8+. The van der Waals surface area contributed by atoms with Crippen molar-refractivity contribution in [2.75, 3.05) is 52.9 Å². The zero-order valence-corrected chi connectivity index (χ0v) is 15.9. The molecule has 138 valence electrons. The maximum atomic E-state index is 12.3. The summed E-state index contributed by atoms with van der Waals surface area (Å²) < 4.78 is 0. The zero-order chi connectivity index (χ0) is 17.9. The van der Waals surface area contributed by atoms with Crippen LogP contribution >= 0.6 is 0 Å². The molecule has 1 aromatic rings. The average Bonchev–Trinajstić information content (AvgIpc) is 2.66. The Balaban J connectivity index is 1.63. The summed E-state index contributed by atoms with van der Waals surface area (Å²) in [6, 6.07) is 10.4. The van der Waals surface area contributed by atoms with Crippen LogP contribution < -0.4 is 0 Å². The Hall–Kier alpha value is -1.65. The lowest BCUT2D eigenvalue weighted by Gasteiger charge is -2.34. The zero-order valence-electron chi connectivity index (χ0n) is 15.9. The lowest BCUT2D eigenvalue weighted by atomic mass is 10.2. The van der Waals surface area contributed by atoms with Crippen molar-refractivity contribution in [1.82, 2.24) is 14.7 Å². The van der Waals surface area contributed by atoms with Crippen LogP contribution in [0.1, 0.15) is 31.7 Å². The molecule has 4 heteroatoms. The molecule has 1 fully saturated rings. The largest absolute Gasteiger partial charge is 0.340 e. The predicted octanol–water partition coefficient (Wildman–Crippen LogP) is 2.97. The van der Waals surface area contributed by atoms with Gasteiger partial charge in [0.2, 0.25) is 5.91 Å². The van der Waals surface area contributed by atoms with E-state index in [1.165, 1.54) is 18.4 Å². The van der Waals surface area contributed by atoms with Crippen molar-refractivity contribution in [1.29, 1.82) is 0 Å². The summed E-state index contributed by atoms with van der Waals surface area (Å²) in [5.74, 6) is 0.308. The number of nitrogens with zero attached hydrogens (tertiary/aromatic N) is 3. The van der Waals surface area contributed by atoms with E-state index >= 15 is 0 Å². The summed E-state index contributed by atoms with van der Waals surface area (Å²) >= 11 is 0. The monoisotopic (exact) mass is 343 g/mol. The van der Waals surface area contributed by atoms with Crippen LogP contribution in [0.15, 0.2) is 36.4 Å². The van der Waals surface area contributed by atoms with Crippen LogP contribution in [0.4, 0.5) is 0 Å². The van der Waals surface area contributed by atoms with E-state index in [1.807, 2.05) is 11.0 Å². The average molecular weight is 344 g/mol.